The van der Waals surface area contributed by atoms with Crippen LogP contribution in [0.2, 0.25) is 0 Å². The molecule has 0 bridgehead atoms. The fraction of sp³-hybridized carbons (Fsp3) is 0.0667. The van der Waals surface area contributed by atoms with E-state index in [0.29, 0.717) is 5.82 Å². The van der Waals surface area contributed by atoms with Crippen LogP contribution in [0.1, 0.15) is 5.56 Å². The van der Waals surface area contributed by atoms with Crippen molar-refractivity contribution in [1.82, 2.24) is 10.2 Å². The summed E-state index contributed by atoms with van der Waals surface area (Å²) in [4.78, 5) is 11.9. The van der Waals surface area contributed by atoms with Gasteiger partial charge >= 0.3 is 0 Å². The number of nitrogens with one attached hydrogen (secondary N) is 2. The lowest BCUT2D eigenvalue weighted by atomic mass is 10.1. The molecule has 1 heterocycles. The van der Waals surface area contributed by atoms with Gasteiger partial charge in [0.15, 0.2) is 5.82 Å². The zero-order valence-electron chi connectivity index (χ0n) is 10.6. The van der Waals surface area contributed by atoms with Gasteiger partial charge < -0.3 is 5.32 Å². The summed E-state index contributed by atoms with van der Waals surface area (Å²) in [6.07, 6.45) is 0.182. The Morgan fingerprint density at radius 3 is 2.70 bits per heavy atom. The molecule has 2 aromatic carbocycles. The van der Waals surface area contributed by atoms with Crippen molar-refractivity contribution in [3.8, 4) is 0 Å². The minimum atomic E-state index is -0.313. The van der Waals surface area contributed by atoms with E-state index in [1.54, 1.807) is 12.1 Å². The van der Waals surface area contributed by atoms with Crippen molar-refractivity contribution in [2.75, 3.05) is 5.32 Å². The summed E-state index contributed by atoms with van der Waals surface area (Å²) >= 11 is 0. The number of hydrogen-bond acceptors (Lipinski definition) is 2. The van der Waals surface area contributed by atoms with Gasteiger partial charge in [0.2, 0.25) is 5.91 Å². The van der Waals surface area contributed by atoms with Gasteiger partial charge in [-0.25, -0.2) is 4.39 Å². The number of benzene rings is 2. The van der Waals surface area contributed by atoms with Crippen LogP contribution in [-0.2, 0) is 11.2 Å². The van der Waals surface area contributed by atoms with Gasteiger partial charge in [0, 0.05) is 5.39 Å². The van der Waals surface area contributed by atoms with E-state index < -0.39 is 0 Å². The predicted octanol–water partition coefficient (Wildman–Crippen LogP) is 2.88. The third kappa shape index (κ3) is 2.51. The molecule has 0 saturated carbocycles. The van der Waals surface area contributed by atoms with E-state index in [-0.39, 0.29) is 18.1 Å². The molecule has 0 spiro atoms. The van der Waals surface area contributed by atoms with E-state index in [2.05, 4.69) is 15.5 Å². The Labute approximate surface area is 114 Å². The number of anilines is 1. The van der Waals surface area contributed by atoms with E-state index >= 15 is 0 Å². The summed E-state index contributed by atoms with van der Waals surface area (Å²) in [7, 11) is 0. The maximum absolute atomic E-state index is 12.8. The van der Waals surface area contributed by atoms with Gasteiger partial charge in [-0.15, -0.1) is 0 Å². The van der Waals surface area contributed by atoms with Gasteiger partial charge in [-0.1, -0.05) is 24.3 Å². The number of para-hydroxylation sites is 1. The average molecular weight is 269 g/mol. The summed E-state index contributed by atoms with van der Waals surface area (Å²) in [5.74, 6) is 0.00836. The highest BCUT2D eigenvalue weighted by atomic mass is 19.1. The molecule has 3 aromatic rings. The summed E-state index contributed by atoms with van der Waals surface area (Å²) in [6.45, 7) is 0. The lowest BCUT2D eigenvalue weighted by Gasteiger charge is -2.03. The molecule has 0 aliphatic carbocycles. The molecule has 0 unspecified atom stereocenters. The normalized spacial score (nSPS) is 10.7. The summed E-state index contributed by atoms with van der Waals surface area (Å²) < 4.78 is 12.8. The minimum Gasteiger partial charge on any atom is -0.308 e. The monoisotopic (exact) mass is 269 g/mol. The van der Waals surface area contributed by atoms with Crippen molar-refractivity contribution < 1.29 is 9.18 Å². The Kier molecular flexibility index (Phi) is 3.16. The first-order chi connectivity index (χ1) is 9.72. The zero-order valence-corrected chi connectivity index (χ0v) is 10.6. The lowest BCUT2D eigenvalue weighted by molar-refractivity contribution is -0.115. The van der Waals surface area contributed by atoms with Gasteiger partial charge in [0.1, 0.15) is 5.82 Å². The Morgan fingerprint density at radius 1 is 1.15 bits per heavy atom. The molecule has 5 heteroatoms. The number of hydrogen-bond donors (Lipinski definition) is 2. The molecule has 0 saturated heterocycles. The van der Waals surface area contributed by atoms with Gasteiger partial charge in [-0.3, -0.25) is 9.89 Å². The average Bonchev–Trinajstić information content (AvgIpc) is 2.85. The number of H-pyrrole nitrogens is 1. The van der Waals surface area contributed by atoms with Crippen LogP contribution in [0.25, 0.3) is 10.9 Å². The summed E-state index contributed by atoms with van der Waals surface area (Å²) in [5, 5.41) is 10.5. The highest BCUT2D eigenvalue weighted by molar-refractivity contribution is 6.00. The third-order valence-corrected chi connectivity index (χ3v) is 3.01. The topological polar surface area (TPSA) is 57.8 Å². The highest BCUT2D eigenvalue weighted by Crippen LogP contribution is 2.19. The van der Waals surface area contributed by atoms with Crippen molar-refractivity contribution in [2.24, 2.45) is 0 Å². The van der Waals surface area contributed by atoms with Crippen molar-refractivity contribution >= 4 is 22.6 Å². The first-order valence-electron chi connectivity index (χ1n) is 6.20. The fourth-order valence-electron chi connectivity index (χ4n) is 2.02. The van der Waals surface area contributed by atoms with Crippen molar-refractivity contribution in [3.63, 3.8) is 0 Å². The van der Waals surface area contributed by atoms with Crippen molar-refractivity contribution in [3.05, 3.63) is 59.9 Å². The molecule has 2 N–H and O–H groups in total. The number of rotatable bonds is 3. The summed E-state index contributed by atoms with van der Waals surface area (Å²) in [6, 6.07) is 13.4. The van der Waals surface area contributed by atoms with Crippen LogP contribution in [0, 0.1) is 5.82 Å². The SMILES string of the molecule is O=C(Cc1ccc(F)cc1)Nc1n[nH]c2ccccc12. The summed E-state index contributed by atoms with van der Waals surface area (Å²) in [5.41, 5.74) is 1.62. The van der Waals surface area contributed by atoms with Crippen LogP contribution in [0.3, 0.4) is 0 Å². The zero-order chi connectivity index (χ0) is 13.9. The molecular weight excluding hydrogens is 257 g/mol. The second-order valence-electron chi connectivity index (χ2n) is 4.47. The van der Waals surface area contributed by atoms with Crippen LogP contribution < -0.4 is 5.32 Å². The molecule has 0 aliphatic heterocycles. The standard InChI is InChI=1S/C15H12FN3O/c16-11-7-5-10(6-8-11)9-14(20)17-15-12-3-1-2-4-13(12)18-19-15/h1-8H,9H2,(H2,17,18,19,20). The molecule has 0 fully saturated rings. The van der Waals surface area contributed by atoms with Crippen LogP contribution in [0.5, 0.6) is 0 Å². The molecule has 3 rings (SSSR count). The Bertz CT molecular complexity index is 749. The number of halogens is 1. The van der Waals surface area contributed by atoms with Crippen molar-refractivity contribution in [1.29, 1.82) is 0 Å². The first kappa shape index (κ1) is 12.3. The van der Waals surface area contributed by atoms with Crippen LogP contribution in [0.15, 0.2) is 48.5 Å². The number of carbonyl (C=O) groups is 1. The van der Waals surface area contributed by atoms with Gasteiger partial charge in [0.05, 0.1) is 11.9 Å². The van der Waals surface area contributed by atoms with Gasteiger partial charge in [-0.2, -0.15) is 5.10 Å². The van der Waals surface area contributed by atoms with Crippen LogP contribution in [-0.4, -0.2) is 16.1 Å². The van der Waals surface area contributed by atoms with E-state index in [4.69, 9.17) is 0 Å². The Balaban J connectivity index is 1.74. The minimum absolute atomic E-state index is 0.182. The molecule has 0 aliphatic rings. The van der Waals surface area contributed by atoms with Crippen LogP contribution >= 0.6 is 0 Å². The second kappa shape index (κ2) is 5.13. The van der Waals surface area contributed by atoms with E-state index in [9.17, 15) is 9.18 Å². The van der Waals surface area contributed by atoms with E-state index in [0.717, 1.165) is 16.5 Å². The molecule has 100 valence electrons. The third-order valence-electron chi connectivity index (χ3n) is 3.01. The molecule has 1 aromatic heterocycles. The largest absolute Gasteiger partial charge is 0.308 e. The molecule has 4 nitrogen and oxygen atoms in total. The predicted molar refractivity (Wildman–Crippen MR) is 74.8 cm³/mol. The Morgan fingerprint density at radius 2 is 1.90 bits per heavy atom. The smallest absolute Gasteiger partial charge is 0.230 e. The number of amides is 1. The molecule has 0 atom stereocenters. The number of aromatic amines is 1. The van der Waals surface area contributed by atoms with E-state index in [1.807, 2.05) is 24.3 Å². The quantitative estimate of drug-likeness (QED) is 0.768. The van der Waals surface area contributed by atoms with Gasteiger partial charge in [0.25, 0.3) is 0 Å². The van der Waals surface area contributed by atoms with Gasteiger partial charge in [-0.05, 0) is 29.8 Å². The molecule has 0 radical (unpaired) electrons. The van der Waals surface area contributed by atoms with Crippen molar-refractivity contribution in [2.45, 2.75) is 6.42 Å². The van der Waals surface area contributed by atoms with Crippen LogP contribution in [0.4, 0.5) is 10.2 Å². The molecule has 1 amide bonds. The fourth-order valence-corrected chi connectivity index (χ4v) is 2.02. The Hall–Kier alpha value is -2.69. The first-order valence-corrected chi connectivity index (χ1v) is 6.20. The lowest BCUT2D eigenvalue weighted by Crippen LogP contribution is -2.14. The maximum Gasteiger partial charge on any atom is 0.230 e. The number of aromatic nitrogens is 2. The highest BCUT2D eigenvalue weighted by Gasteiger charge is 2.09. The number of nitrogens with zero attached hydrogens (tertiary/aromatic N) is 1. The number of carbonyl (C=O) groups excluding carboxylic acids is 1. The van der Waals surface area contributed by atoms with E-state index in [1.165, 1.54) is 12.1 Å². The maximum atomic E-state index is 12.8. The molecular formula is C15H12FN3O. The number of fused-ring (bicyclic) bond motifs is 1. The molecule has 20 heavy (non-hydrogen) atoms. The second-order valence-corrected chi connectivity index (χ2v) is 4.47.